The van der Waals surface area contributed by atoms with Crippen LogP contribution in [0.5, 0.6) is 0 Å². The van der Waals surface area contributed by atoms with Crippen molar-refractivity contribution in [3.8, 4) is 0 Å². The Morgan fingerprint density at radius 3 is 2.88 bits per heavy atom. The number of piperidine rings is 1. The monoisotopic (exact) mass is 365 g/mol. The van der Waals surface area contributed by atoms with Gasteiger partial charge in [0.25, 0.3) is 0 Å². The van der Waals surface area contributed by atoms with E-state index < -0.39 is 0 Å². The van der Waals surface area contributed by atoms with E-state index in [0.29, 0.717) is 11.1 Å². The van der Waals surface area contributed by atoms with Crippen molar-refractivity contribution in [2.75, 3.05) is 31.1 Å². The van der Waals surface area contributed by atoms with Crippen molar-refractivity contribution in [2.45, 2.75) is 38.8 Å². The highest BCUT2D eigenvalue weighted by molar-refractivity contribution is 7.16. The van der Waals surface area contributed by atoms with Crippen molar-refractivity contribution in [3.63, 3.8) is 0 Å². The molecule has 0 N–H and O–H groups in total. The molecule has 5 nitrogen and oxygen atoms in total. The lowest BCUT2D eigenvalue weighted by atomic mass is 9.98. The van der Waals surface area contributed by atoms with Gasteiger partial charge in [-0.15, -0.1) is 0 Å². The summed E-state index contributed by atoms with van der Waals surface area (Å²) in [6.45, 7) is 6.54. The van der Waals surface area contributed by atoms with Crippen molar-refractivity contribution in [1.82, 2.24) is 19.4 Å². The van der Waals surface area contributed by atoms with Crippen LogP contribution in [-0.4, -0.2) is 45.6 Å². The van der Waals surface area contributed by atoms with E-state index in [4.69, 9.17) is 11.6 Å². The predicted octanol–water partition coefficient (Wildman–Crippen LogP) is 3.51. The maximum Gasteiger partial charge on any atom is 0.187 e. The summed E-state index contributed by atoms with van der Waals surface area (Å²) in [5, 5.41) is 1.82. The van der Waals surface area contributed by atoms with E-state index in [9.17, 15) is 0 Å². The molecule has 0 saturated carbocycles. The van der Waals surface area contributed by atoms with Crippen LogP contribution in [0.4, 0.5) is 5.13 Å². The normalized spacial score (nSPS) is 22.4. The smallest absolute Gasteiger partial charge is 0.187 e. The van der Waals surface area contributed by atoms with Crippen LogP contribution in [0.2, 0.25) is 5.15 Å². The average molecular weight is 366 g/mol. The Hall–Kier alpha value is -1.11. The molecule has 0 radical (unpaired) electrons. The molecule has 2 aromatic rings. The molecule has 0 bridgehead atoms. The van der Waals surface area contributed by atoms with E-state index in [1.807, 2.05) is 12.5 Å². The Labute approximate surface area is 152 Å². The van der Waals surface area contributed by atoms with Gasteiger partial charge in [-0.05, 0) is 38.1 Å². The van der Waals surface area contributed by atoms with Crippen LogP contribution >= 0.6 is 22.9 Å². The minimum Gasteiger partial charge on any atom is -0.348 e. The van der Waals surface area contributed by atoms with E-state index in [1.165, 1.54) is 30.6 Å². The van der Waals surface area contributed by atoms with Crippen LogP contribution in [0.25, 0.3) is 0 Å². The second kappa shape index (κ2) is 7.42. The van der Waals surface area contributed by atoms with Gasteiger partial charge in [-0.25, -0.2) is 9.97 Å². The molecule has 130 valence electrons. The molecule has 2 aliphatic heterocycles. The number of likely N-dealkylation sites (tertiary alicyclic amines) is 1. The van der Waals surface area contributed by atoms with Crippen molar-refractivity contribution < 1.29 is 0 Å². The van der Waals surface area contributed by atoms with E-state index in [0.717, 1.165) is 44.4 Å². The Balaban J connectivity index is 1.37. The number of hydrogen-bond acceptors (Lipinski definition) is 5. The minimum absolute atomic E-state index is 0.692. The Morgan fingerprint density at radius 1 is 1.21 bits per heavy atom. The number of aromatic nitrogens is 3. The summed E-state index contributed by atoms with van der Waals surface area (Å²) in [5.74, 6) is 0.692. The first-order chi connectivity index (χ1) is 11.8. The van der Waals surface area contributed by atoms with Gasteiger partial charge >= 0.3 is 0 Å². The summed E-state index contributed by atoms with van der Waals surface area (Å²) < 4.78 is 2.19. The lowest BCUT2D eigenvalue weighted by Gasteiger charge is -2.32. The van der Waals surface area contributed by atoms with Crippen molar-refractivity contribution in [1.29, 1.82) is 0 Å². The molecule has 0 aromatic carbocycles. The summed E-state index contributed by atoms with van der Waals surface area (Å²) in [5.41, 5.74) is 0. The predicted molar refractivity (Wildman–Crippen MR) is 98.8 cm³/mol. The van der Waals surface area contributed by atoms with Crippen LogP contribution in [0.3, 0.4) is 0 Å². The molecule has 4 heterocycles. The largest absolute Gasteiger partial charge is 0.348 e. The lowest BCUT2D eigenvalue weighted by molar-refractivity contribution is 0.157. The molecular formula is C17H24ClN5S. The van der Waals surface area contributed by atoms with Gasteiger partial charge in [-0.1, -0.05) is 22.9 Å². The highest BCUT2D eigenvalue weighted by atomic mass is 35.5. The standard InChI is InChI=1S/C17H24ClN5S/c18-16-15(24-17(20-16)23-7-1-2-8-23)12-21-6-3-4-14(10-21)11-22-9-5-19-13-22/h5,9,13-14H,1-4,6-8,10-12H2/t14-/m0/s1. The third-order valence-electron chi connectivity index (χ3n) is 5.01. The number of rotatable bonds is 5. The maximum absolute atomic E-state index is 6.43. The van der Waals surface area contributed by atoms with Crippen molar-refractivity contribution >= 4 is 28.1 Å². The van der Waals surface area contributed by atoms with Gasteiger partial charge in [0.2, 0.25) is 0 Å². The number of imidazole rings is 1. The van der Waals surface area contributed by atoms with Crippen LogP contribution in [0.1, 0.15) is 30.6 Å². The molecule has 24 heavy (non-hydrogen) atoms. The van der Waals surface area contributed by atoms with Gasteiger partial charge in [0.1, 0.15) is 5.15 Å². The number of halogens is 1. The molecule has 2 fully saturated rings. The molecule has 7 heteroatoms. The molecule has 4 rings (SSSR count). The third-order valence-corrected chi connectivity index (χ3v) is 6.54. The molecule has 0 aliphatic carbocycles. The van der Waals surface area contributed by atoms with E-state index in [1.54, 1.807) is 11.3 Å². The van der Waals surface area contributed by atoms with E-state index in [-0.39, 0.29) is 0 Å². The SMILES string of the molecule is Clc1nc(N2CCCC2)sc1CN1CCC[C@H](Cn2ccnc2)C1. The number of thiazole rings is 1. The summed E-state index contributed by atoms with van der Waals surface area (Å²) in [6, 6.07) is 0. The fourth-order valence-corrected chi connectivity index (χ4v) is 5.15. The summed E-state index contributed by atoms with van der Waals surface area (Å²) in [4.78, 5) is 14.9. The molecule has 0 unspecified atom stereocenters. The number of anilines is 1. The Morgan fingerprint density at radius 2 is 2.08 bits per heavy atom. The highest BCUT2D eigenvalue weighted by Crippen LogP contribution is 2.33. The first-order valence-electron chi connectivity index (χ1n) is 8.86. The fourth-order valence-electron chi connectivity index (χ4n) is 3.80. The average Bonchev–Trinajstić information content (AvgIpc) is 3.31. The number of hydrogen-bond donors (Lipinski definition) is 0. The summed E-state index contributed by atoms with van der Waals surface area (Å²) >= 11 is 8.21. The zero-order valence-corrected chi connectivity index (χ0v) is 15.5. The lowest BCUT2D eigenvalue weighted by Crippen LogP contribution is -2.36. The van der Waals surface area contributed by atoms with Crippen LogP contribution in [0, 0.1) is 5.92 Å². The Kier molecular flexibility index (Phi) is 5.06. The molecular weight excluding hydrogens is 342 g/mol. The van der Waals surface area contributed by atoms with Crippen LogP contribution in [0.15, 0.2) is 18.7 Å². The third kappa shape index (κ3) is 3.76. The molecule has 0 amide bonds. The molecule has 2 saturated heterocycles. The minimum atomic E-state index is 0.692. The zero-order valence-electron chi connectivity index (χ0n) is 13.9. The van der Waals surface area contributed by atoms with Crippen molar-refractivity contribution in [2.24, 2.45) is 5.92 Å². The second-order valence-corrected chi connectivity index (χ2v) is 8.33. The van der Waals surface area contributed by atoms with Gasteiger partial charge in [0, 0.05) is 45.1 Å². The van der Waals surface area contributed by atoms with Crippen molar-refractivity contribution in [3.05, 3.63) is 28.8 Å². The first-order valence-corrected chi connectivity index (χ1v) is 10.1. The van der Waals surface area contributed by atoms with Gasteiger partial charge in [-0.2, -0.15) is 0 Å². The first kappa shape index (κ1) is 16.4. The second-order valence-electron chi connectivity index (χ2n) is 6.91. The van der Waals surface area contributed by atoms with Gasteiger partial charge in [0.15, 0.2) is 5.13 Å². The summed E-state index contributed by atoms with van der Waals surface area (Å²) in [6.07, 6.45) is 10.9. The van der Waals surface area contributed by atoms with Gasteiger partial charge in [0.05, 0.1) is 11.2 Å². The van der Waals surface area contributed by atoms with E-state index >= 15 is 0 Å². The van der Waals surface area contributed by atoms with Gasteiger partial charge in [-0.3, -0.25) is 4.90 Å². The fraction of sp³-hybridized carbons (Fsp3) is 0.647. The summed E-state index contributed by atoms with van der Waals surface area (Å²) in [7, 11) is 0. The number of nitrogens with zero attached hydrogens (tertiary/aromatic N) is 5. The van der Waals surface area contributed by atoms with E-state index in [2.05, 4.69) is 30.5 Å². The van der Waals surface area contributed by atoms with Crippen LogP contribution in [-0.2, 0) is 13.1 Å². The highest BCUT2D eigenvalue weighted by Gasteiger charge is 2.23. The maximum atomic E-state index is 6.43. The molecule has 2 aliphatic rings. The molecule has 2 aromatic heterocycles. The van der Waals surface area contributed by atoms with Crippen LogP contribution < -0.4 is 4.90 Å². The van der Waals surface area contributed by atoms with Gasteiger partial charge < -0.3 is 9.47 Å². The zero-order chi connectivity index (χ0) is 16.4. The molecule has 0 spiro atoms. The molecule has 1 atom stereocenters. The topological polar surface area (TPSA) is 37.2 Å². The quantitative estimate of drug-likeness (QED) is 0.812. The Bertz CT molecular complexity index is 650.